The second-order valence-electron chi connectivity index (χ2n) is 10.4. The zero-order valence-electron chi connectivity index (χ0n) is 21.6. The average Bonchev–Trinajstić information content (AvgIpc) is 3.35. The Morgan fingerprint density at radius 3 is 2.29 bits per heavy atom. The Hall–Kier alpha value is -2.09. The first-order valence-corrected chi connectivity index (χ1v) is 14.4. The standard InChI is InChI=1S/C29H33Cl3N4O2/c1-34-12-10-20(11-13-34)19-35-14-16-36(17-15-35)27(37)9-8-26-28(21-2-5-23(30)6-3-21)33-29(38-26)22-4-7-24(31)25(32)18-22/h2-7,18,20H,8-17,19H2,1H3. The summed E-state index contributed by atoms with van der Waals surface area (Å²) >= 11 is 18.4. The summed E-state index contributed by atoms with van der Waals surface area (Å²) in [6.45, 7) is 6.97. The van der Waals surface area contributed by atoms with Crippen molar-refractivity contribution in [3.8, 4) is 22.7 Å². The van der Waals surface area contributed by atoms with Crippen LogP contribution in [0, 0.1) is 5.92 Å². The lowest BCUT2D eigenvalue weighted by Gasteiger charge is -2.38. The van der Waals surface area contributed by atoms with Crippen LogP contribution in [0.25, 0.3) is 22.7 Å². The number of nitrogens with zero attached hydrogens (tertiary/aromatic N) is 4. The van der Waals surface area contributed by atoms with Gasteiger partial charge in [-0.3, -0.25) is 9.69 Å². The topological polar surface area (TPSA) is 52.8 Å². The molecule has 3 aromatic rings. The number of hydrogen-bond acceptors (Lipinski definition) is 5. The van der Waals surface area contributed by atoms with Gasteiger partial charge >= 0.3 is 0 Å². The second-order valence-corrected chi connectivity index (χ2v) is 11.6. The number of oxazole rings is 1. The third-order valence-corrected chi connectivity index (χ3v) is 8.62. The highest BCUT2D eigenvalue weighted by molar-refractivity contribution is 6.42. The summed E-state index contributed by atoms with van der Waals surface area (Å²) in [4.78, 5) is 24.8. The van der Waals surface area contributed by atoms with Crippen molar-refractivity contribution in [3.05, 3.63) is 63.3 Å². The number of carbonyl (C=O) groups excluding carboxylic acids is 1. The monoisotopic (exact) mass is 574 g/mol. The molecule has 0 saturated carbocycles. The van der Waals surface area contributed by atoms with Crippen molar-refractivity contribution in [3.63, 3.8) is 0 Å². The van der Waals surface area contributed by atoms with E-state index in [4.69, 9.17) is 44.2 Å². The Labute approximate surface area is 239 Å². The van der Waals surface area contributed by atoms with E-state index in [1.165, 1.54) is 25.9 Å². The molecule has 38 heavy (non-hydrogen) atoms. The molecule has 2 aliphatic heterocycles. The van der Waals surface area contributed by atoms with Crippen LogP contribution >= 0.6 is 34.8 Å². The Morgan fingerprint density at radius 1 is 0.921 bits per heavy atom. The van der Waals surface area contributed by atoms with Crippen molar-refractivity contribution in [1.29, 1.82) is 0 Å². The van der Waals surface area contributed by atoms with Gasteiger partial charge in [0, 0.05) is 61.7 Å². The van der Waals surface area contributed by atoms with Crippen molar-refractivity contribution < 1.29 is 9.21 Å². The normalized spacial score (nSPS) is 17.7. The molecule has 9 heteroatoms. The van der Waals surface area contributed by atoms with Crippen LogP contribution in [0.4, 0.5) is 0 Å². The van der Waals surface area contributed by atoms with Gasteiger partial charge < -0.3 is 14.2 Å². The quantitative estimate of drug-likeness (QED) is 0.327. The summed E-state index contributed by atoms with van der Waals surface area (Å²) in [5.74, 6) is 2.04. The zero-order valence-corrected chi connectivity index (χ0v) is 23.9. The van der Waals surface area contributed by atoms with E-state index in [0.29, 0.717) is 45.3 Å². The van der Waals surface area contributed by atoms with Crippen LogP contribution in [0.5, 0.6) is 0 Å². The van der Waals surface area contributed by atoms with Gasteiger partial charge in [0.1, 0.15) is 11.5 Å². The molecule has 0 bridgehead atoms. The lowest BCUT2D eigenvalue weighted by atomic mass is 9.96. The van der Waals surface area contributed by atoms with E-state index in [2.05, 4.69) is 16.8 Å². The summed E-state index contributed by atoms with van der Waals surface area (Å²) in [7, 11) is 2.20. The predicted octanol–water partition coefficient (Wildman–Crippen LogP) is 6.39. The summed E-state index contributed by atoms with van der Waals surface area (Å²) in [5, 5.41) is 1.55. The van der Waals surface area contributed by atoms with Crippen molar-refractivity contribution in [2.75, 3.05) is 52.9 Å². The fourth-order valence-electron chi connectivity index (χ4n) is 5.28. The molecule has 0 radical (unpaired) electrons. The fraction of sp³-hybridized carbons (Fsp3) is 0.448. The third kappa shape index (κ3) is 6.72. The fourth-order valence-corrected chi connectivity index (χ4v) is 5.70. The number of halogens is 3. The maximum Gasteiger partial charge on any atom is 0.226 e. The van der Waals surface area contributed by atoms with Crippen LogP contribution in [-0.4, -0.2) is 78.5 Å². The molecular weight excluding hydrogens is 543 g/mol. The maximum absolute atomic E-state index is 13.1. The van der Waals surface area contributed by atoms with Gasteiger partial charge in [0.05, 0.1) is 10.0 Å². The largest absolute Gasteiger partial charge is 0.440 e. The summed E-state index contributed by atoms with van der Waals surface area (Å²) in [5.41, 5.74) is 2.32. The second kappa shape index (κ2) is 12.4. The van der Waals surface area contributed by atoms with Crippen molar-refractivity contribution >= 4 is 40.7 Å². The minimum absolute atomic E-state index is 0.151. The Morgan fingerprint density at radius 2 is 1.61 bits per heavy atom. The number of aryl methyl sites for hydroxylation is 1. The lowest BCUT2D eigenvalue weighted by Crippen LogP contribution is -2.50. The maximum atomic E-state index is 13.1. The molecule has 202 valence electrons. The third-order valence-electron chi connectivity index (χ3n) is 7.63. The first-order chi connectivity index (χ1) is 18.4. The highest BCUT2D eigenvalue weighted by atomic mass is 35.5. The van der Waals surface area contributed by atoms with Gasteiger partial charge in [-0.25, -0.2) is 4.98 Å². The van der Waals surface area contributed by atoms with Gasteiger partial charge in [0.2, 0.25) is 11.8 Å². The van der Waals surface area contributed by atoms with E-state index in [0.717, 1.165) is 49.8 Å². The van der Waals surface area contributed by atoms with E-state index in [-0.39, 0.29) is 5.91 Å². The smallest absolute Gasteiger partial charge is 0.226 e. The molecule has 0 spiro atoms. The van der Waals surface area contributed by atoms with Crippen LogP contribution in [0.1, 0.15) is 25.0 Å². The molecule has 0 aliphatic carbocycles. The lowest BCUT2D eigenvalue weighted by molar-refractivity contribution is -0.133. The van der Waals surface area contributed by atoms with Crippen LogP contribution in [-0.2, 0) is 11.2 Å². The number of rotatable bonds is 7. The van der Waals surface area contributed by atoms with Crippen molar-refractivity contribution in [2.45, 2.75) is 25.7 Å². The molecule has 2 fully saturated rings. The van der Waals surface area contributed by atoms with Crippen molar-refractivity contribution in [2.24, 2.45) is 5.92 Å². The molecule has 1 aromatic heterocycles. The van der Waals surface area contributed by atoms with Crippen LogP contribution < -0.4 is 0 Å². The number of likely N-dealkylation sites (tertiary alicyclic amines) is 1. The first kappa shape index (κ1) is 27.5. The molecular formula is C29H33Cl3N4O2. The van der Waals surface area contributed by atoms with Crippen LogP contribution in [0.3, 0.4) is 0 Å². The molecule has 6 nitrogen and oxygen atoms in total. The minimum atomic E-state index is 0.151. The first-order valence-electron chi connectivity index (χ1n) is 13.3. The van der Waals surface area contributed by atoms with Gasteiger partial charge in [-0.05, 0) is 69.2 Å². The average molecular weight is 576 g/mol. The van der Waals surface area contributed by atoms with Crippen molar-refractivity contribution in [1.82, 2.24) is 19.7 Å². The number of hydrogen-bond donors (Lipinski definition) is 0. The number of carbonyl (C=O) groups is 1. The number of amides is 1. The van der Waals surface area contributed by atoms with E-state index in [1.54, 1.807) is 12.1 Å². The molecule has 3 heterocycles. The summed E-state index contributed by atoms with van der Waals surface area (Å²) in [6.07, 6.45) is 3.37. The molecule has 0 N–H and O–H groups in total. The van der Waals surface area contributed by atoms with E-state index >= 15 is 0 Å². The number of piperidine rings is 1. The molecule has 5 rings (SSSR count). The van der Waals surface area contributed by atoms with Crippen LogP contribution in [0.15, 0.2) is 46.9 Å². The minimum Gasteiger partial charge on any atom is -0.440 e. The highest BCUT2D eigenvalue weighted by Crippen LogP contribution is 2.33. The molecule has 2 aliphatic rings. The van der Waals surface area contributed by atoms with Gasteiger partial charge in [-0.2, -0.15) is 0 Å². The highest BCUT2D eigenvalue weighted by Gasteiger charge is 2.25. The Bertz CT molecular complexity index is 1250. The molecule has 2 saturated heterocycles. The Balaban J connectivity index is 1.23. The van der Waals surface area contributed by atoms with Gasteiger partial charge in [0.15, 0.2) is 0 Å². The van der Waals surface area contributed by atoms with Gasteiger partial charge in [-0.15, -0.1) is 0 Å². The number of aromatic nitrogens is 1. The molecule has 0 atom stereocenters. The van der Waals surface area contributed by atoms with Gasteiger partial charge in [-0.1, -0.05) is 46.9 Å². The SMILES string of the molecule is CN1CCC(CN2CCN(C(=O)CCc3oc(-c4ccc(Cl)c(Cl)c4)nc3-c3ccc(Cl)cc3)CC2)CC1. The summed E-state index contributed by atoms with van der Waals surface area (Å²) in [6, 6.07) is 12.8. The van der Waals surface area contributed by atoms with E-state index in [9.17, 15) is 4.79 Å². The molecule has 2 aromatic carbocycles. The number of benzene rings is 2. The van der Waals surface area contributed by atoms with E-state index in [1.807, 2.05) is 35.2 Å². The van der Waals surface area contributed by atoms with E-state index < -0.39 is 0 Å². The van der Waals surface area contributed by atoms with Gasteiger partial charge in [0.25, 0.3) is 0 Å². The predicted molar refractivity (Wildman–Crippen MR) is 154 cm³/mol. The molecule has 1 amide bonds. The number of piperazine rings is 1. The van der Waals surface area contributed by atoms with Crippen LogP contribution in [0.2, 0.25) is 15.1 Å². The zero-order chi connectivity index (χ0) is 26.6. The summed E-state index contributed by atoms with van der Waals surface area (Å²) < 4.78 is 6.20. The molecule has 0 unspecified atom stereocenters. The Kier molecular flexibility index (Phi) is 8.96.